The van der Waals surface area contributed by atoms with Gasteiger partial charge >= 0.3 is 0 Å². The summed E-state index contributed by atoms with van der Waals surface area (Å²) in [5.41, 5.74) is 2.94. The van der Waals surface area contributed by atoms with E-state index >= 15 is 0 Å². The Morgan fingerprint density at radius 2 is 1.84 bits per heavy atom. The van der Waals surface area contributed by atoms with Gasteiger partial charge in [0.1, 0.15) is 0 Å². The molecule has 0 spiro atoms. The van der Waals surface area contributed by atoms with E-state index in [2.05, 4.69) is 13.0 Å². The minimum atomic E-state index is -0.0926. The second-order valence-electron chi connectivity index (χ2n) is 6.34. The molecule has 130 valence electrons. The molecule has 0 saturated heterocycles. The van der Waals surface area contributed by atoms with Crippen molar-refractivity contribution in [2.75, 3.05) is 16.3 Å². The summed E-state index contributed by atoms with van der Waals surface area (Å²) in [6.07, 6.45) is 1.15. The smallest absolute Gasteiger partial charge is 0.229 e. The molecule has 0 N–H and O–H groups in total. The molecule has 1 unspecified atom stereocenters. The molecule has 0 aliphatic carbocycles. The standard InChI is InChI=1S/C20H21ClN2O2/c1-14-13-16-5-3-4-6-19(16)23(14)20(25)11-12-22(15(2)24)18-9-7-17(21)8-10-18/h3-10,14H,11-13H2,1-2H3. The van der Waals surface area contributed by atoms with Gasteiger partial charge in [-0.3, -0.25) is 9.59 Å². The van der Waals surface area contributed by atoms with Gasteiger partial charge in [0.25, 0.3) is 0 Å². The van der Waals surface area contributed by atoms with Crippen LogP contribution in [-0.4, -0.2) is 24.4 Å². The molecular formula is C20H21ClN2O2. The summed E-state index contributed by atoms with van der Waals surface area (Å²) in [6.45, 7) is 3.91. The number of benzene rings is 2. The van der Waals surface area contributed by atoms with Gasteiger partial charge in [-0.2, -0.15) is 0 Å². The zero-order valence-electron chi connectivity index (χ0n) is 14.4. The van der Waals surface area contributed by atoms with Gasteiger partial charge in [-0.15, -0.1) is 0 Å². The molecular weight excluding hydrogens is 336 g/mol. The minimum absolute atomic E-state index is 0.0395. The highest BCUT2D eigenvalue weighted by molar-refractivity contribution is 6.30. The summed E-state index contributed by atoms with van der Waals surface area (Å²) in [5.74, 6) is -0.0531. The lowest BCUT2D eigenvalue weighted by atomic mass is 10.1. The second-order valence-corrected chi connectivity index (χ2v) is 6.78. The molecule has 1 atom stereocenters. The fraction of sp³-hybridized carbons (Fsp3) is 0.300. The number of rotatable bonds is 4. The van der Waals surface area contributed by atoms with E-state index in [1.54, 1.807) is 29.2 Å². The Balaban J connectivity index is 1.72. The molecule has 1 heterocycles. The van der Waals surface area contributed by atoms with Crippen LogP contribution in [0.3, 0.4) is 0 Å². The predicted octanol–water partition coefficient (Wildman–Crippen LogP) is 4.06. The average Bonchev–Trinajstić information content (AvgIpc) is 2.92. The summed E-state index contributed by atoms with van der Waals surface area (Å²) in [4.78, 5) is 28.3. The number of hydrogen-bond acceptors (Lipinski definition) is 2. The van der Waals surface area contributed by atoms with E-state index in [9.17, 15) is 9.59 Å². The Bertz CT molecular complexity index is 789. The molecule has 0 saturated carbocycles. The molecule has 5 heteroatoms. The molecule has 4 nitrogen and oxygen atoms in total. The first-order valence-corrected chi connectivity index (χ1v) is 8.79. The van der Waals surface area contributed by atoms with Gasteiger partial charge < -0.3 is 9.80 Å². The number of hydrogen-bond donors (Lipinski definition) is 0. The topological polar surface area (TPSA) is 40.6 Å². The van der Waals surface area contributed by atoms with Crippen molar-refractivity contribution in [3.8, 4) is 0 Å². The molecule has 0 aromatic heterocycles. The van der Waals surface area contributed by atoms with Crippen LogP contribution in [0, 0.1) is 0 Å². The lowest BCUT2D eigenvalue weighted by Gasteiger charge is -2.25. The third kappa shape index (κ3) is 3.69. The normalized spacial score (nSPS) is 15.8. The Morgan fingerprint density at radius 3 is 2.52 bits per heavy atom. The quantitative estimate of drug-likeness (QED) is 0.828. The molecule has 1 aliphatic rings. The summed E-state index contributed by atoms with van der Waals surface area (Å²) in [7, 11) is 0. The van der Waals surface area contributed by atoms with E-state index in [4.69, 9.17) is 11.6 Å². The van der Waals surface area contributed by atoms with Gasteiger partial charge in [-0.05, 0) is 49.2 Å². The van der Waals surface area contributed by atoms with E-state index in [-0.39, 0.29) is 24.3 Å². The fourth-order valence-electron chi connectivity index (χ4n) is 3.36. The van der Waals surface area contributed by atoms with Crippen molar-refractivity contribution in [2.24, 2.45) is 0 Å². The number of para-hydroxylation sites is 1. The van der Waals surface area contributed by atoms with Gasteiger partial charge in [0, 0.05) is 42.3 Å². The Morgan fingerprint density at radius 1 is 1.16 bits per heavy atom. The number of anilines is 2. The van der Waals surface area contributed by atoms with Crippen LogP contribution >= 0.6 is 11.6 Å². The van der Waals surface area contributed by atoms with Crippen molar-refractivity contribution in [3.63, 3.8) is 0 Å². The summed E-state index contributed by atoms with van der Waals surface area (Å²) < 4.78 is 0. The van der Waals surface area contributed by atoms with Crippen molar-refractivity contribution in [1.29, 1.82) is 0 Å². The van der Waals surface area contributed by atoms with E-state index in [0.717, 1.165) is 17.8 Å². The van der Waals surface area contributed by atoms with Crippen LogP contribution in [0.1, 0.15) is 25.8 Å². The highest BCUT2D eigenvalue weighted by Gasteiger charge is 2.30. The van der Waals surface area contributed by atoms with Crippen molar-refractivity contribution in [3.05, 3.63) is 59.1 Å². The summed E-state index contributed by atoms with van der Waals surface area (Å²) in [5, 5.41) is 0.617. The third-order valence-corrected chi connectivity index (χ3v) is 4.80. The molecule has 25 heavy (non-hydrogen) atoms. The fourth-order valence-corrected chi connectivity index (χ4v) is 3.49. The van der Waals surface area contributed by atoms with E-state index in [1.807, 2.05) is 23.1 Å². The number of carbonyl (C=O) groups is 2. The first kappa shape index (κ1) is 17.5. The van der Waals surface area contributed by atoms with Crippen LogP contribution < -0.4 is 9.80 Å². The van der Waals surface area contributed by atoms with Gasteiger partial charge in [0.05, 0.1) is 0 Å². The number of carbonyl (C=O) groups excluding carboxylic acids is 2. The number of amides is 2. The largest absolute Gasteiger partial charge is 0.312 e. The average molecular weight is 357 g/mol. The molecule has 0 bridgehead atoms. The third-order valence-electron chi connectivity index (χ3n) is 4.54. The van der Waals surface area contributed by atoms with E-state index < -0.39 is 0 Å². The number of halogens is 1. The highest BCUT2D eigenvalue weighted by atomic mass is 35.5. The van der Waals surface area contributed by atoms with E-state index in [1.165, 1.54) is 12.5 Å². The molecule has 0 radical (unpaired) electrons. The van der Waals surface area contributed by atoms with Crippen molar-refractivity contribution in [1.82, 2.24) is 0 Å². The number of fused-ring (bicyclic) bond motifs is 1. The molecule has 3 rings (SSSR count). The molecule has 1 aliphatic heterocycles. The summed E-state index contributed by atoms with van der Waals surface area (Å²) in [6, 6.07) is 15.2. The van der Waals surface area contributed by atoms with Crippen molar-refractivity contribution < 1.29 is 9.59 Å². The first-order chi connectivity index (χ1) is 12.0. The maximum absolute atomic E-state index is 12.8. The van der Waals surface area contributed by atoms with Crippen LogP contribution in [0.2, 0.25) is 5.02 Å². The Hall–Kier alpha value is -2.33. The first-order valence-electron chi connectivity index (χ1n) is 8.41. The predicted molar refractivity (Wildman–Crippen MR) is 101 cm³/mol. The molecule has 0 fully saturated rings. The van der Waals surface area contributed by atoms with Crippen LogP contribution in [0.4, 0.5) is 11.4 Å². The molecule has 2 amide bonds. The van der Waals surface area contributed by atoms with E-state index in [0.29, 0.717) is 11.6 Å². The zero-order chi connectivity index (χ0) is 18.0. The SMILES string of the molecule is CC(=O)N(CCC(=O)N1c2ccccc2CC1C)c1ccc(Cl)cc1. The highest BCUT2D eigenvalue weighted by Crippen LogP contribution is 2.32. The maximum Gasteiger partial charge on any atom is 0.229 e. The van der Waals surface area contributed by atoms with Gasteiger partial charge in [-0.1, -0.05) is 29.8 Å². The lowest BCUT2D eigenvalue weighted by Crippen LogP contribution is -2.39. The van der Waals surface area contributed by atoms with Crippen molar-refractivity contribution >= 4 is 34.8 Å². The van der Waals surface area contributed by atoms with Crippen LogP contribution in [0.5, 0.6) is 0 Å². The molecule has 2 aromatic rings. The minimum Gasteiger partial charge on any atom is -0.312 e. The summed E-state index contributed by atoms with van der Waals surface area (Å²) >= 11 is 5.91. The monoisotopic (exact) mass is 356 g/mol. The van der Waals surface area contributed by atoms with Gasteiger partial charge in [-0.25, -0.2) is 0 Å². The Kier molecular flexibility index (Phi) is 5.09. The zero-order valence-corrected chi connectivity index (χ0v) is 15.2. The van der Waals surface area contributed by atoms with Crippen LogP contribution in [-0.2, 0) is 16.0 Å². The van der Waals surface area contributed by atoms with Gasteiger partial charge in [0.2, 0.25) is 11.8 Å². The number of nitrogens with zero attached hydrogens (tertiary/aromatic N) is 2. The second kappa shape index (κ2) is 7.28. The van der Waals surface area contributed by atoms with Gasteiger partial charge in [0.15, 0.2) is 0 Å². The Labute approximate surface area is 153 Å². The van der Waals surface area contributed by atoms with Crippen molar-refractivity contribution in [2.45, 2.75) is 32.7 Å². The maximum atomic E-state index is 12.8. The van der Waals surface area contributed by atoms with Crippen LogP contribution in [0.25, 0.3) is 0 Å². The van der Waals surface area contributed by atoms with Crippen LogP contribution in [0.15, 0.2) is 48.5 Å². The lowest BCUT2D eigenvalue weighted by molar-refractivity contribution is -0.119. The molecule has 2 aromatic carbocycles.